The van der Waals surface area contributed by atoms with E-state index in [9.17, 15) is 18.4 Å². The summed E-state index contributed by atoms with van der Waals surface area (Å²) < 4.78 is 28.0. The molecule has 3 aromatic carbocycles. The number of amides is 1. The van der Waals surface area contributed by atoms with Crippen LogP contribution in [0.3, 0.4) is 0 Å². The molecule has 6 heteroatoms. The van der Waals surface area contributed by atoms with E-state index in [-0.39, 0.29) is 21.6 Å². The topological polar surface area (TPSA) is 46.2 Å². The molecule has 0 saturated heterocycles. The molecular formula is C22H13F2NO2S. The van der Waals surface area contributed by atoms with Crippen LogP contribution in [0.15, 0.2) is 77.6 Å². The van der Waals surface area contributed by atoms with Gasteiger partial charge in [-0.15, -0.1) is 11.3 Å². The second-order valence-electron chi connectivity index (χ2n) is 6.07. The second-order valence-corrected chi connectivity index (χ2v) is 7.12. The Hall–Kier alpha value is -3.38. The fourth-order valence-electron chi connectivity index (χ4n) is 2.92. The van der Waals surface area contributed by atoms with Crippen LogP contribution in [0.5, 0.6) is 0 Å². The molecule has 0 unspecified atom stereocenters. The number of carbonyl (C=O) groups excluding carboxylic acids is 1. The molecule has 0 aliphatic heterocycles. The Morgan fingerprint density at radius 3 is 2.29 bits per heavy atom. The first-order valence-electron chi connectivity index (χ1n) is 8.42. The molecule has 0 fully saturated rings. The lowest BCUT2D eigenvalue weighted by molar-refractivity contribution is 0.102. The Balaban J connectivity index is 1.90. The van der Waals surface area contributed by atoms with Crippen LogP contribution in [0.2, 0.25) is 0 Å². The maximum absolute atomic E-state index is 14.0. The third kappa shape index (κ3) is 3.30. The van der Waals surface area contributed by atoms with Crippen LogP contribution in [0.4, 0.5) is 13.8 Å². The van der Waals surface area contributed by atoms with Crippen LogP contribution in [0.1, 0.15) is 10.4 Å². The van der Waals surface area contributed by atoms with Gasteiger partial charge in [-0.3, -0.25) is 9.59 Å². The third-order valence-corrected chi connectivity index (χ3v) is 5.36. The van der Waals surface area contributed by atoms with Crippen LogP contribution >= 0.6 is 11.3 Å². The van der Waals surface area contributed by atoms with Gasteiger partial charge in [-0.05, 0) is 42.0 Å². The zero-order valence-electron chi connectivity index (χ0n) is 14.4. The maximum atomic E-state index is 14.0. The number of hydrogen-bond donors (Lipinski definition) is 1. The van der Waals surface area contributed by atoms with Crippen molar-refractivity contribution in [2.75, 3.05) is 5.32 Å². The summed E-state index contributed by atoms with van der Waals surface area (Å²) in [5.74, 6) is -1.75. The van der Waals surface area contributed by atoms with Crippen LogP contribution in [-0.2, 0) is 0 Å². The summed E-state index contributed by atoms with van der Waals surface area (Å²) in [5.41, 5.74) is 0.302. The van der Waals surface area contributed by atoms with Crippen molar-refractivity contribution in [3.63, 3.8) is 0 Å². The summed E-state index contributed by atoms with van der Waals surface area (Å²) in [7, 11) is 0. The summed E-state index contributed by atoms with van der Waals surface area (Å²) in [6.07, 6.45) is 0. The standard InChI is InChI=1S/C22H13F2NO2S/c23-14-11-9-13(10-12-14)19-20(26)16-6-2-4-8-18(16)28-22(19)25-21(27)15-5-1-3-7-17(15)24/h1-12H,(H,25,27). The molecular weight excluding hydrogens is 380 g/mol. The molecule has 0 radical (unpaired) electrons. The highest BCUT2D eigenvalue weighted by Gasteiger charge is 2.18. The molecule has 0 spiro atoms. The zero-order valence-corrected chi connectivity index (χ0v) is 15.2. The van der Waals surface area contributed by atoms with Crippen molar-refractivity contribution >= 4 is 32.3 Å². The predicted molar refractivity (Wildman–Crippen MR) is 108 cm³/mol. The number of halogens is 2. The Kier molecular flexibility index (Phi) is 4.71. The normalized spacial score (nSPS) is 10.8. The molecule has 0 aliphatic rings. The molecule has 0 bridgehead atoms. The minimum absolute atomic E-state index is 0.125. The van der Waals surface area contributed by atoms with E-state index in [1.54, 1.807) is 30.3 Å². The van der Waals surface area contributed by atoms with Gasteiger partial charge >= 0.3 is 0 Å². The highest BCUT2D eigenvalue weighted by molar-refractivity contribution is 7.22. The zero-order chi connectivity index (χ0) is 19.7. The Morgan fingerprint density at radius 1 is 0.857 bits per heavy atom. The number of hydrogen-bond acceptors (Lipinski definition) is 3. The van der Waals surface area contributed by atoms with E-state index >= 15 is 0 Å². The quantitative estimate of drug-likeness (QED) is 0.502. The van der Waals surface area contributed by atoms with Crippen molar-refractivity contribution in [2.24, 2.45) is 0 Å². The van der Waals surface area contributed by atoms with Crippen molar-refractivity contribution in [3.8, 4) is 11.1 Å². The van der Waals surface area contributed by atoms with E-state index in [1.807, 2.05) is 0 Å². The van der Waals surface area contributed by atoms with E-state index in [1.165, 1.54) is 53.8 Å². The van der Waals surface area contributed by atoms with Gasteiger partial charge in [0, 0.05) is 10.1 Å². The SMILES string of the molecule is O=C(Nc1sc2ccccc2c(=O)c1-c1ccc(F)cc1)c1ccccc1F. The molecule has 4 aromatic rings. The summed E-state index contributed by atoms with van der Waals surface area (Å²) in [6, 6.07) is 18.1. The second kappa shape index (κ2) is 7.32. The maximum Gasteiger partial charge on any atom is 0.259 e. The highest BCUT2D eigenvalue weighted by Crippen LogP contribution is 2.33. The van der Waals surface area contributed by atoms with Crippen molar-refractivity contribution in [2.45, 2.75) is 0 Å². The minimum atomic E-state index is -0.660. The number of fused-ring (bicyclic) bond motifs is 1. The Labute approximate surface area is 162 Å². The van der Waals surface area contributed by atoms with Gasteiger partial charge in [0.05, 0.1) is 11.1 Å². The number of rotatable bonds is 3. The fraction of sp³-hybridized carbons (Fsp3) is 0. The van der Waals surface area contributed by atoms with Crippen molar-refractivity contribution in [1.82, 2.24) is 0 Å². The summed E-state index contributed by atoms with van der Waals surface area (Å²) in [6.45, 7) is 0. The molecule has 4 rings (SSSR count). The van der Waals surface area contributed by atoms with Gasteiger partial charge in [0.25, 0.3) is 5.91 Å². The van der Waals surface area contributed by atoms with Crippen LogP contribution in [-0.4, -0.2) is 5.91 Å². The lowest BCUT2D eigenvalue weighted by Gasteiger charge is -2.12. The predicted octanol–water partition coefficient (Wildman–Crippen LogP) is 5.46. The van der Waals surface area contributed by atoms with Gasteiger partial charge in [0.15, 0.2) is 5.43 Å². The smallest absolute Gasteiger partial charge is 0.259 e. The molecule has 1 amide bonds. The van der Waals surface area contributed by atoms with Gasteiger partial charge in [0.2, 0.25) is 0 Å². The monoisotopic (exact) mass is 393 g/mol. The van der Waals surface area contributed by atoms with Crippen LogP contribution in [0.25, 0.3) is 21.2 Å². The Bertz CT molecular complexity index is 1250. The summed E-state index contributed by atoms with van der Waals surface area (Å²) in [4.78, 5) is 25.7. The van der Waals surface area contributed by atoms with Crippen molar-refractivity contribution < 1.29 is 13.6 Å². The summed E-state index contributed by atoms with van der Waals surface area (Å²) in [5, 5.41) is 3.44. The van der Waals surface area contributed by atoms with E-state index < -0.39 is 17.5 Å². The molecule has 1 heterocycles. The van der Waals surface area contributed by atoms with E-state index in [2.05, 4.69) is 5.32 Å². The molecule has 0 atom stereocenters. The van der Waals surface area contributed by atoms with Gasteiger partial charge in [-0.2, -0.15) is 0 Å². The first-order valence-corrected chi connectivity index (χ1v) is 9.24. The molecule has 1 aromatic heterocycles. The molecule has 28 heavy (non-hydrogen) atoms. The molecule has 1 N–H and O–H groups in total. The van der Waals surface area contributed by atoms with Crippen molar-refractivity contribution in [3.05, 3.63) is 100 Å². The number of nitrogens with one attached hydrogen (secondary N) is 1. The first kappa shape index (κ1) is 18.0. The van der Waals surface area contributed by atoms with Gasteiger partial charge in [-0.1, -0.05) is 36.4 Å². The van der Waals surface area contributed by atoms with Crippen LogP contribution in [0, 0.1) is 11.6 Å². The van der Waals surface area contributed by atoms with E-state index in [4.69, 9.17) is 0 Å². The number of benzene rings is 3. The van der Waals surface area contributed by atoms with Gasteiger partial charge in [-0.25, -0.2) is 8.78 Å². The molecule has 138 valence electrons. The van der Waals surface area contributed by atoms with Gasteiger partial charge in [0.1, 0.15) is 16.6 Å². The molecule has 0 saturated carbocycles. The molecule has 0 aliphatic carbocycles. The lowest BCUT2D eigenvalue weighted by Crippen LogP contribution is -2.16. The van der Waals surface area contributed by atoms with E-state index in [0.29, 0.717) is 15.6 Å². The van der Waals surface area contributed by atoms with Crippen molar-refractivity contribution in [1.29, 1.82) is 0 Å². The third-order valence-electron chi connectivity index (χ3n) is 4.28. The number of anilines is 1. The fourth-order valence-corrected chi connectivity index (χ4v) is 4.02. The largest absolute Gasteiger partial charge is 0.313 e. The highest BCUT2D eigenvalue weighted by atomic mass is 32.1. The average molecular weight is 393 g/mol. The van der Waals surface area contributed by atoms with Crippen LogP contribution < -0.4 is 10.7 Å². The lowest BCUT2D eigenvalue weighted by atomic mass is 10.1. The number of carbonyl (C=O) groups is 1. The van der Waals surface area contributed by atoms with E-state index in [0.717, 1.165) is 0 Å². The Morgan fingerprint density at radius 2 is 1.54 bits per heavy atom. The minimum Gasteiger partial charge on any atom is -0.313 e. The van der Waals surface area contributed by atoms with Gasteiger partial charge < -0.3 is 5.32 Å². The average Bonchev–Trinajstić information content (AvgIpc) is 2.70. The summed E-state index contributed by atoms with van der Waals surface area (Å²) >= 11 is 1.21. The first-order chi connectivity index (χ1) is 13.5. The molecule has 3 nitrogen and oxygen atoms in total.